The van der Waals surface area contributed by atoms with Gasteiger partial charge >= 0.3 is 0 Å². The summed E-state index contributed by atoms with van der Waals surface area (Å²) in [6, 6.07) is 10.4. The molecule has 1 saturated heterocycles. The second-order valence-electron chi connectivity index (χ2n) is 6.41. The van der Waals surface area contributed by atoms with Crippen LogP contribution in [0.15, 0.2) is 40.2 Å². The van der Waals surface area contributed by atoms with Crippen LogP contribution in [-0.4, -0.2) is 63.4 Å². The van der Waals surface area contributed by atoms with Gasteiger partial charge < -0.3 is 10.6 Å². The van der Waals surface area contributed by atoms with Crippen LogP contribution in [0.5, 0.6) is 0 Å². The standard InChI is InChI=1S/C18H30N4O2S2.HI/c1-3-19-18(20-11-14-25-17-7-5-4-6-8-17)21-15-16-9-12-22(13-10-16)26(2,23)24;/h4-8,16H,3,9-15H2,1-2H3,(H2,19,20,21);1H. The summed E-state index contributed by atoms with van der Waals surface area (Å²) in [6.07, 6.45) is 3.03. The summed E-state index contributed by atoms with van der Waals surface area (Å²) in [4.78, 5) is 5.96. The van der Waals surface area contributed by atoms with Gasteiger partial charge in [-0.05, 0) is 37.8 Å². The minimum Gasteiger partial charge on any atom is -0.357 e. The fraction of sp³-hybridized carbons (Fsp3) is 0.611. The van der Waals surface area contributed by atoms with Crippen molar-refractivity contribution < 1.29 is 8.42 Å². The lowest BCUT2D eigenvalue weighted by molar-refractivity contribution is 0.280. The van der Waals surface area contributed by atoms with Crippen molar-refractivity contribution in [2.75, 3.05) is 44.7 Å². The Hall–Kier alpha value is -0.520. The molecule has 154 valence electrons. The molecule has 2 rings (SSSR count). The van der Waals surface area contributed by atoms with Gasteiger partial charge in [-0.15, -0.1) is 35.7 Å². The van der Waals surface area contributed by atoms with E-state index in [1.807, 2.05) is 17.8 Å². The maximum absolute atomic E-state index is 11.6. The molecule has 1 aromatic carbocycles. The number of benzene rings is 1. The van der Waals surface area contributed by atoms with Crippen LogP contribution in [0.1, 0.15) is 19.8 Å². The molecular formula is C18H31IN4O2S2. The largest absolute Gasteiger partial charge is 0.357 e. The first-order chi connectivity index (χ1) is 12.5. The molecule has 0 atom stereocenters. The normalized spacial score (nSPS) is 16.6. The van der Waals surface area contributed by atoms with Crippen molar-refractivity contribution in [1.29, 1.82) is 0 Å². The molecule has 1 heterocycles. The van der Waals surface area contributed by atoms with Gasteiger partial charge in [-0.3, -0.25) is 4.99 Å². The number of rotatable bonds is 8. The highest BCUT2D eigenvalue weighted by atomic mass is 127. The summed E-state index contributed by atoms with van der Waals surface area (Å²) >= 11 is 1.82. The van der Waals surface area contributed by atoms with Gasteiger partial charge in [0.1, 0.15) is 0 Å². The summed E-state index contributed by atoms with van der Waals surface area (Å²) in [5.41, 5.74) is 0. The van der Waals surface area contributed by atoms with Crippen molar-refractivity contribution in [2.24, 2.45) is 10.9 Å². The Morgan fingerprint density at radius 1 is 1.22 bits per heavy atom. The van der Waals surface area contributed by atoms with Gasteiger partial charge in [0.2, 0.25) is 10.0 Å². The number of hydrogen-bond acceptors (Lipinski definition) is 4. The third-order valence-corrected chi connectivity index (χ3v) is 6.62. The van der Waals surface area contributed by atoms with Crippen LogP contribution in [0.4, 0.5) is 0 Å². The number of hydrogen-bond donors (Lipinski definition) is 2. The van der Waals surface area contributed by atoms with Gasteiger partial charge in [-0.25, -0.2) is 12.7 Å². The Balaban J connectivity index is 0.00000364. The number of nitrogens with one attached hydrogen (secondary N) is 2. The number of piperidine rings is 1. The predicted molar refractivity (Wildman–Crippen MR) is 126 cm³/mol. The van der Waals surface area contributed by atoms with Crippen molar-refractivity contribution >= 4 is 51.7 Å². The second-order valence-corrected chi connectivity index (χ2v) is 9.56. The quantitative estimate of drug-likeness (QED) is 0.179. The first-order valence-corrected chi connectivity index (χ1v) is 12.0. The molecule has 0 saturated carbocycles. The molecular weight excluding hydrogens is 495 g/mol. The lowest BCUT2D eigenvalue weighted by atomic mass is 9.98. The average Bonchev–Trinajstić information content (AvgIpc) is 2.63. The molecule has 2 N–H and O–H groups in total. The minimum atomic E-state index is -3.06. The van der Waals surface area contributed by atoms with Crippen molar-refractivity contribution in [3.05, 3.63) is 30.3 Å². The molecule has 0 spiro atoms. The van der Waals surface area contributed by atoms with E-state index in [2.05, 4.69) is 46.8 Å². The third-order valence-electron chi connectivity index (χ3n) is 4.30. The lowest BCUT2D eigenvalue weighted by Gasteiger charge is -2.29. The molecule has 27 heavy (non-hydrogen) atoms. The number of aliphatic imine (C=N–C) groups is 1. The average molecular weight is 527 g/mol. The van der Waals surface area contributed by atoms with Crippen LogP contribution in [-0.2, 0) is 10.0 Å². The van der Waals surface area contributed by atoms with Gasteiger partial charge in [0.25, 0.3) is 0 Å². The van der Waals surface area contributed by atoms with Crippen LogP contribution in [0, 0.1) is 5.92 Å². The number of halogens is 1. The first kappa shape index (κ1) is 24.5. The Kier molecular flexibility index (Phi) is 11.7. The smallest absolute Gasteiger partial charge is 0.211 e. The third kappa shape index (κ3) is 9.49. The maximum Gasteiger partial charge on any atom is 0.211 e. The molecule has 0 unspecified atom stereocenters. The van der Waals surface area contributed by atoms with E-state index in [1.165, 1.54) is 11.2 Å². The molecule has 0 bridgehead atoms. The number of nitrogens with zero attached hydrogens (tertiary/aromatic N) is 2. The predicted octanol–water partition coefficient (Wildman–Crippen LogP) is 2.62. The van der Waals surface area contributed by atoms with Crippen LogP contribution in [0.2, 0.25) is 0 Å². The second kappa shape index (κ2) is 12.8. The molecule has 0 amide bonds. The van der Waals surface area contributed by atoms with E-state index in [0.717, 1.165) is 44.2 Å². The van der Waals surface area contributed by atoms with Crippen LogP contribution in [0.25, 0.3) is 0 Å². The molecule has 0 aliphatic carbocycles. The van der Waals surface area contributed by atoms with E-state index >= 15 is 0 Å². The molecule has 1 aliphatic heterocycles. The number of guanidine groups is 1. The van der Waals surface area contributed by atoms with E-state index in [4.69, 9.17) is 0 Å². The topological polar surface area (TPSA) is 73.8 Å². The highest BCUT2D eigenvalue weighted by Gasteiger charge is 2.24. The van der Waals surface area contributed by atoms with Crippen LogP contribution in [0.3, 0.4) is 0 Å². The van der Waals surface area contributed by atoms with Crippen molar-refractivity contribution in [3.8, 4) is 0 Å². The number of thioether (sulfide) groups is 1. The maximum atomic E-state index is 11.6. The van der Waals surface area contributed by atoms with Crippen LogP contribution < -0.4 is 10.6 Å². The Bertz CT molecular complexity index is 663. The van der Waals surface area contributed by atoms with Gasteiger partial charge in [0, 0.05) is 43.4 Å². The zero-order valence-electron chi connectivity index (χ0n) is 16.1. The minimum absolute atomic E-state index is 0. The molecule has 1 fully saturated rings. The van der Waals surface area contributed by atoms with Crippen molar-refractivity contribution in [3.63, 3.8) is 0 Å². The molecule has 1 aliphatic rings. The molecule has 1 aromatic rings. The summed E-state index contributed by atoms with van der Waals surface area (Å²) < 4.78 is 24.7. The van der Waals surface area contributed by atoms with E-state index < -0.39 is 10.0 Å². The van der Waals surface area contributed by atoms with Crippen LogP contribution >= 0.6 is 35.7 Å². The van der Waals surface area contributed by atoms with E-state index in [1.54, 1.807) is 4.31 Å². The van der Waals surface area contributed by atoms with Gasteiger partial charge in [-0.2, -0.15) is 0 Å². The van der Waals surface area contributed by atoms with E-state index in [-0.39, 0.29) is 24.0 Å². The fourth-order valence-corrected chi connectivity index (χ4v) is 4.50. The SMILES string of the molecule is CCNC(=NCC1CCN(S(C)(=O)=O)CC1)NCCSc1ccccc1.I. The Morgan fingerprint density at radius 3 is 2.48 bits per heavy atom. The van der Waals surface area contributed by atoms with Gasteiger partial charge in [0.05, 0.1) is 6.26 Å². The molecule has 6 nitrogen and oxygen atoms in total. The summed E-state index contributed by atoms with van der Waals surface area (Å²) in [6.45, 7) is 5.68. The highest BCUT2D eigenvalue weighted by Crippen LogP contribution is 2.19. The van der Waals surface area contributed by atoms with E-state index in [0.29, 0.717) is 19.0 Å². The Labute approximate surface area is 185 Å². The van der Waals surface area contributed by atoms with E-state index in [9.17, 15) is 8.42 Å². The Morgan fingerprint density at radius 2 is 1.89 bits per heavy atom. The van der Waals surface area contributed by atoms with Crippen molar-refractivity contribution in [2.45, 2.75) is 24.7 Å². The van der Waals surface area contributed by atoms with Gasteiger partial charge in [0.15, 0.2) is 5.96 Å². The summed E-state index contributed by atoms with van der Waals surface area (Å²) in [5.74, 6) is 2.26. The number of sulfonamides is 1. The summed E-state index contributed by atoms with van der Waals surface area (Å²) in [5, 5.41) is 6.65. The molecule has 0 aromatic heterocycles. The summed E-state index contributed by atoms with van der Waals surface area (Å²) in [7, 11) is -3.06. The fourth-order valence-electron chi connectivity index (χ4n) is 2.84. The zero-order chi connectivity index (χ0) is 18.8. The highest BCUT2D eigenvalue weighted by molar-refractivity contribution is 14.0. The van der Waals surface area contributed by atoms with Crippen molar-refractivity contribution in [1.82, 2.24) is 14.9 Å². The monoisotopic (exact) mass is 526 g/mol. The first-order valence-electron chi connectivity index (χ1n) is 9.14. The van der Waals surface area contributed by atoms with Gasteiger partial charge in [-0.1, -0.05) is 18.2 Å². The lowest BCUT2D eigenvalue weighted by Crippen LogP contribution is -2.40. The zero-order valence-corrected chi connectivity index (χ0v) is 20.0. The molecule has 9 heteroatoms. The molecule has 0 radical (unpaired) electrons.